The van der Waals surface area contributed by atoms with Crippen LogP contribution in [0.4, 0.5) is 5.69 Å². The molecule has 1 saturated heterocycles. The Kier molecular flexibility index (Phi) is 5.36. The lowest BCUT2D eigenvalue weighted by molar-refractivity contribution is 0.417. The van der Waals surface area contributed by atoms with E-state index in [1.54, 1.807) is 10.6 Å². The maximum atomic E-state index is 12.4. The van der Waals surface area contributed by atoms with Gasteiger partial charge < -0.3 is 4.90 Å². The average molecular weight is 397 g/mol. The summed E-state index contributed by atoms with van der Waals surface area (Å²) in [6.07, 6.45) is 8.47. The second-order valence-corrected chi connectivity index (χ2v) is 8.08. The first-order valence-electron chi connectivity index (χ1n) is 9.84. The molecule has 1 fully saturated rings. The van der Waals surface area contributed by atoms with Gasteiger partial charge in [-0.05, 0) is 57.2 Å². The lowest BCUT2D eigenvalue weighted by Crippen LogP contribution is -2.34. The molecular formula is C22H25ClN4O. The fourth-order valence-corrected chi connectivity index (χ4v) is 4.49. The molecule has 28 heavy (non-hydrogen) atoms. The molecule has 1 aromatic carbocycles. The molecule has 0 N–H and O–H groups in total. The summed E-state index contributed by atoms with van der Waals surface area (Å²) in [7, 11) is 0. The summed E-state index contributed by atoms with van der Waals surface area (Å²) in [6, 6.07) is 7.39. The lowest BCUT2D eigenvalue weighted by atomic mass is 9.90. The van der Waals surface area contributed by atoms with Crippen LogP contribution in [0.1, 0.15) is 37.2 Å². The van der Waals surface area contributed by atoms with Crippen LogP contribution in [0, 0.1) is 19.8 Å². The van der Waals surface area contributed by atoms with Crippen molar-refractivity contribution < 1.29 is 0 Å². The topological polar surface area (TPSA) is 50.5 Å². The monoisotopic (exact) mass is 396 g/mol. The Morgan fingerprint density at radius 2 is 1.96 bits per heavy atom. The Morgan fingerprint density at radius 1 is 1.18 bits per heavy atom. The third kappa shape index (κ3) is 3.90. The van der Waals surface area contributed by atoms with Gasteiger partial charge in [0, 0.05) is 43.2 Å². The molecule has 0 spiro atoms. The van der Waals surface area contributed by atoms with Crippen molar-refractivity contribution in [1.29, 1.82) is 0 Å². The van der Waals surface area contributed by atoms with Gasteiger partial charge in [0.2, 0.25) is 0 Å². The zero-order valence-corrected chi connectivity index (χ0v) is 17.1. The van der Waals surface area contributed by atoms with E-state index in [9.17, 15) is 4.79 Å². The van der Waals surface area contributed by atoms with Gasteiger partial charge in [0.05, 0.1) is 16.4 Å². The summed E-state index contributed by atoms with van der Waals surface area (Å²) in [5.41, 5.74) is 3.75. The molecule has 2 aliphatic rings. The highest BCUT2D eigenvalue weighted by molar-refractivity contribution is 6.33. The van der Waals surface area contributed by atoms with Crippen LogP contribution in [0.5, 0.6) is 0 Å². The Morgan fingerprint density at radius 3 is 2.61 bits per heavy atom. The van der Waals surface area contributed by atoms with Crippen molar-refractivity contribution in [2.45, 2.75) is 39.5 Å². The van der Waals surface area contributed by atoms with Crippen LogP contribution < -0.4 is 10.5 Å². The number of halogens is 1. The van der Waals surface area contributed by atoms with Gasteiger partial charge in [-0.3, -0.25) is 14.4 Å². The maximum Gasteiger partial charge on any atom is 0.258 e. The summed E-state index contributed by atoms with van der Waals surface area (Å²) in [4.78, 5) is 23.6. The van der Waals surface area contributed by atoms with Crippen LogP contribution in [0.2, 0.25) is 5.02 Å². The predicted octanol–water partition coefficient (Wildman–Crippen LogP) is 4.47. The molecule has 2 aromatic rings. The van der Waals surface area contributed by atoms with Gasteiger partial charge in [-0.2, -0.15) is 0 Å². The Labute approximate surface area is 170 Å². The van der Waals surface area contributed by atoms with E-state index in [2.05, 4.69) is 21.0 Å². The van der Waals surface area contributed by atoms with Gasteiger partial charge in [-0.15, -0.1) is 0 Å². The summed E-state index contributed by atoms with van der Waals surface area (Å²) in [6.45, 7) is 5.66. The largest absolute Gasteiger partial charge is 0.370 e. The van der Waals surface area contributed by atoms with E-state index in [0.29, 0.717) is 16.8 Å². The summed E-state index contributed by atoms with van der Waals surface area (Å²) >= 11 is 6.62. The number of aliphatic imine (C=N–C) groups is 1. The zero-order valence-electron chi connectivity index (χ0n) is 16.4. The van der Waals surface area contributed by atoms with Crippen LogP contribution in [0.25, 0.3) is 5.69 Å². The van der Waals surface area contributed by atoms with E-state index < -0.39 is 0 Å². The minimum atomic E-state index is -0.0843. The van der Waals surface area contributed by atoms with E-state index >= 15 is 0 Å². The summed E-state index contributed by atoms with van der Waals surface area (Å²) < 4.78 is 1.60. The van der Waals surface area contributed by atoms with Crippen molar-refractivity contribution in [3.8, 4) is 5.69 Å². The molecule has 5 nitrogen and oxygen atoms in total. The number of rotatable bonds is 4. The normalized spacial score (nSPS) is 17.2. The third-order valence-corrected chi connectivity index (χ3v) is 5.90. The second-order valence-electron chi connectivity index (χ2n) is 7.67. The number of allylic oxidation sites excluding steroid dienone is 1. The minimum Gasteiger partial charge on any atom is -0.370 e. The minimum absolute atomic E-state index is 0.0843. The molecule has 0 atom stereocenters. The van der Waals surface area contributed by atoms with Crippen LogP contribution in [0.3, 0.4) is 0 Å². The second kappa shape index (κ2) is 7.92. The molecule has 0 amide bonds. The van der Waals surface area contributed by atoms with Gasteiger partial charge in [0.1, 0.15) is 5.82 Å². The van der Waals surface area contributed by atoms with E-state index in [1.807, 2.05) is 38.2 Å². The van der Waals surface area contributed by atoms with Crippen LogP contribution in [-0.2, 0) is 0 Å². The molecule has 4 rings (SSSR count). The number of piperidine rings is 1. The Bertz CT molecular complexity index is 1000. The third-order valence-electron chi connectivity index (χ3n) is 5.60. The molecule has 0 unspecified atom stereocenters. The maximum absolute atomic E-state index is 12.4. The van der Waals surface area contributed by atoms with Crippen molar-refractivity contribution in [1.82, 2.24) is 9.55 Å². The number of aromatic nitrogens is 2. The fourth-order valence-electron chi connectivity index (χ4n) is 4.19. The predicted molar refractivity (Wildman–Crippen MR) is 115 cm³/mol. The van der Waals surface area contributed by atoms with Crippen molar-refractivity contribution in [3.05, 3.63) is 63.4 Å². The number of aryl methyl sites for hydroxylation is 2. The fraction of sp³-hybridized carbons (Fsp3) is 0.409. The SMILES string of the molecule is Cc1cc(=O)n(-c2ccc(N3CCC(CC4=NC=CC4)CC3)c(Cl)c2)c(C)n1. The van der Waals surface area contributed by atoms with Crippen LogP contribution in [-0.4, -0.2) is 28.4 Å². The Balaban J connectivity index is 1.48. The molecule has 1 aromatic heterocycles. The van der Waals surface area contributed by atoms with Crippen LogP contribution >= 0.6 is 11.6 Å². The molecule has 2 aliphatic heterocycles. The number of anilines is 1. The van der Waals surface area contributed by atoms with E-state index in [0.717, 1.165) is 55.8 Å². The number of nitrogens with zero attached hydrogens (tertiary/aromatic N) is 4. The van der Waals surface area contributed by atoms with Crippen LogP contribution in [0.15, 0.2) is 46.3 Å². The molecular weight excluding hydrogens is 372 g/mol. The molecule has 6 heteroatoms. The van der Waals surface area contributed by atoms with Crippen molar-refractivity contribution in [2.75, 3.05) is 18.0 Å². The number of hydrogen-bond acceptors (Lipinski definition) is 4. The molecule has 0 aliphatic carbocycles. The first-order valence-corrected chi connectivity index (χ1v) is 10.2. The molecule has 3 heterocycles. The van der Waals surface area contributed by atoms with Gasteiger partial charge in [-0.25, -0.2) is 4.98 Å². The van der Waals surface area contributed by atoms with Crippen molar-refractivity contribution in [2.24, 2.45) is 10.9 Å². The van der Waals surface area contributed by atoms with Crippen molar-refractivity contribution in [3.63, 3.8) is 0 Å². The summed E-state index contributed by atoms with van der Waals surface area (Å²) in [5.74, 6) is 1.37. The molecule has 0 saturated carbocycles. The number of benzene rings is 1. The van der Waals surface area contributed by atoms with E-state index in [4.69, 9.17) is 11.6 Å². The van der Waals surface area contributed by atoms with Crippen molar-refractivity contribution >= 4 is 23.0 Å². The Hall–Kier alpha value is -2.40. The van der Waals surface area contributed by atoms with E-state index in [-0.39, 0.29) is 5.56 Å². The van der Waals surface area contributed by atoms with Gasteiger partial charge >= 0.3 is 0 Å². The highest BCUT2D eigenvalue weighted by atomic mass is 35.5. The van der Waals surface area contributed by atoms with E-state index in [1.165, 1.54) is 5.71 Å². The smallest absolute Gasteiger partial charge is 0.258 e. The quantitative estimate of drug-likeness (QED) is 0.766. The summed E-state index contributed by atoms with van der Waals surface area (Å²) in [5, 5.41) is 0.673. The van der Waals surface area contributed by atoms with Gasteiger partial charge in [0.25, 0.3) is 5.56 Å². The highest BCUT2D eigenvalue weighted by Crippen LogP contribution is 2.32. The first kappa shape index (κ1) is 18.9. The van der Waals surface area contributed by atoms with Gasteiger partial charge in [-0.1, -0.05) is 17.7 Å². The average Bonchev–Trinajstić information content (AvgIpc) is 3.15. The molecule has 146 valence electrons. The molecule has 0 bridgehead atoms. The van der Waals surface area contributed by atoms with Gasteiger partial charge in [0.15, 0.2) is 0 Å². The lowest BCUT2D eigenvalue weighted by Gasteiger charge is -2.34. The zero-order chi connectivity index (χ0) is 19.7. The number of hydrogen-bond donors (Lipinski definition) is 0. The standard InChI is InChI=1S/C22H25ClN4O/c1-15-12-22(28)27(16(2)25-15)19-5-6-21(20(23)14-19)26-10-7-17(8-11-26)13-18-4-3-9-24-18/h3,5-6,9,12,14,17H,4,7-8,10-11,13H2,1-2H3. The highest BCUT2D eigenvalue weighted by Gasteiger charge is 2.22. The first-order chi connectivity index (χ1) is 13.5. The molecule has 0 radical (unpaired) electrons.